The highest BCUT2D eigenvalue weighted by atomic mass is 16.5. The Hall–Kier alpha value is -1.14. The predicted octanol–water partition coefficient (Wildman–Crippen LogP) is 0.531. The largest absolute Gasteiger partial charge is 0.437 e. The molecule has 0 spiro atoms. The number of nitrogens with zero attached hydrogens (tertiary/aromatic N) is 2. The summed E-state index contributed by atoms with van der Waals surface area (Å²) in [5.41, 5.74) is -0.324. The molecule has 1 heterocycles. The second-order valence-electron chi connectivity index (χ2n) is 4.92. The molecule has 17 heavy (non-hydrogen) atoms. The van der Waals surface area contributed by atoms with Gasteiger partial charge in [-0.3, -0.25) is 0 Å². The van der Waals surface area contributed by atoms with Crippen LogP contribution >= 0.6 is 0 Å². The van der Waals surface area contributed by atoms with Crippen LogP contribution < -0.4 is 5.76 Å². The van der Waals surface area contributed by atoms with Crippen molar-refractivity contribution in [1.82, 2.24) is 9.78 Å². The number of aliphatic hydroxyl groups excluding tert-OH is 1. The van der Waals surface area contributed by atoms with Crippen LogP contribution in [-0.4, -0.2) is 34.2 Å². The Bertz CT molecular complexity index is 402. The van der Waals surface area contributed by atoms with E-state index in [1.165, 1.54) is 0 Å². The van der Waals surface area contributed by atoms with Gasteiger partial charge < -0.3 is 14.3 Å². The summed E-state index contributed by atoms with van der Waals surface area (Å²) in [7, 11) is 0. The molecular formula is C11H20N2O4. The Morgan fingerprint density at radius 2 is 2.18 bits per heavy atom. The monoisotopic (exact) mass is 244 g/mol. The molecule has 0 aliphatic heterocycles. The van der Waals surface area contributed by atoms with Crippen molar-refractivity contribution in [1.29, 1.82) is 0 Å². The quantitative estimate of drug-likeness (QED) is 0.817. The van der Waals surface area contributed by atoms with E-state index in [9.17, 15) is 9.90 Å². The smallest absolute Gasteiger partial charge is 0.392 e. The van der Waals surface area contributed by atoms with Crippen molar-refractivity contribution in [2.75, 3.05) is 13.2 Å². The van der Waals surface area contributed by atoms with Crippen LogP contribution in [-0.2, 0) is 16.7 Å². The summed E-state index contributed by atoms with van der Waals surface area (Å²) in [6.45, 7) is 8.33. The maximum Gasteiger partial charge on any atom is 0.437 e. The zero-order valence-corrected chi connectivity index (χ0v) is 10.8. The van der Waals surface area contributed by atoms with Crippen molar-refractivity contribution >= 4 is 0 Å². The zero-order valence-electron chi connectivity index (χ0n) is 10.8. The average molecular weight is 244 g/mol. The molecule has 0 unspecified atom stereocenters. The Labute approximate surface area is 100 Å². The van der Waals surface area contributed by atoms with Crippen LogP contribution in [0.5, 0.6) is 0 Å². The Morgan fingerprint density at radius 1 is 1.53 bits per heavy atom. The Morgan fingerprint density at radius 3 is 2.65 bits per heavy atom. The van der Waals surface area contributed by atoms with Gasteiger partial charge in [-0.25, -0.2) is 4.79 Å². The summed E-state index contributed by atoms with van der Waals surface area (Å²) < 4.78 is 11.2. The summed E-state index contributed by atoms with van der Waals surface area (Å²) in [5.74, 6) is -0.184. The molecule has 0 aliphatic carbocycles. The molecule has 0 radical (unpaired) electrons. The molecule has 6 heteroatoms. The lowest BCUT2D eigenvalue weighted by atomic mass is 9.97. The van der Waals surface area contributed by atoms with Crippen molar-refractivity contribution < 1.29 is 14.3 Å². The van der Waals surface area contributed by atoms with E-state index >= 15 is 0 Å². The summed E-state index contributed by atoms with van der Waals surface area (Å²) >= 11 is 0. The second-order valence-corrected chi connectivity index (χ2v) is 4.92. The molecule has 1 aromatic rings. The van der Waals surface area contributed by atoms with E-state index in [2.05, 4.69) is 5.10 Å². The molecule has 1 N–H and O–H groups in total. The maximum absolute atomic E-state index is 11.5. The number of hydrogen-bond acceptors (Lipinski definition) is 5. The lowest BCUT2D eigenvalue weighted by molar-refractivity contribution is 0.0306. The van der Waals surface area contributed by atoms with Gasteiger partial charge in [0.15, 0.2) is 0 Å². The summed E-state index contributed by atoms with van der Waals surface area (Å²) in [6.07, 6.45) is -0.759. The molecule has 1 rings (SSSR count). The molecule has 98 valence electrons. The topological polar surface area (TPSA) is 77.5 Å². The number of ether oxygens (including phenoxy) is 1. The first-order valence-electron chi connectivity index (χ1n) is 5.68. The minimum absolute atomic E-state index is 0.0818. The molecule has 0 aliphatic rings. The van der Waals surface area contributed by atoms with Gasteiger partial charge in [-0.15, -0.1) is 5.10 Å². The third kappa shape index (κ3) is 3.98. The van der Waals surface area contributed by atoms with E-state index in [1.54, 1.807) is 0 Å². The third-order valence-corrected chi connectivity index (χ3v) is 2.15. The first-order chi connectivity index (χ1) is 7.84. The van der Waals surface area contributed by atoms with Crippen molar-refractivity contribution in [3.63, 3.8) is 0 Å². The van der Waals surface area contributed by atoms with Crippen molar-refractivity contribution in [2.24, 2.45) is 0 Å². The highest BCUT2D eigenvalue weighted by Crippen LogP contribution is 2.17. The molecule has 0 amide bonds. The van der Waals surface area contributed by atoms with E-state index in [1.807, 2.05) is 27.7 Å². The fourth-order valence-corrected chi connectivity index (χ4v) is 1.23. The van der Waals surface area contributed by atoms with Crippen LogP contribution in [0, 0.1) is 0 Å². The summed E-state index contributed by atoms with van der Waals surface area (Å²) in [5, 5.41) is 13.7. The minimum Gasteiger partial charge on any atom is -0.392 e. The standard InChI is InChI=1S/C11H20N2O4/c1-5-16-7-8(14)6-13-10(15)17-9(12-13)11(2,3)4/h8,14H,5-7H2,1-4H3/t8-/m0/s1. The van der Waals surface area contributed by atoms with Crippen LogP contribution in [0.2, 0.25) is 0 Å². The SMILES string of the molecule is CCOC[C@@H](O)Cn1nc(C(C)(C)C)oc1=O. The van der Waals surface area contributed by atoms with Gasteiger partial charge in [0.2, 0.25) is 5.89 Å². The number of aromatic nitrogens is 2. The van der Waals surface area contributed by atoms with Crippen molar-refractivity contribution in [3.05, 3.63) is 16.4 Å². The normalized spacial score (nSPS) is 13.9. The lowest BCUT2D eigenvalue weighted by Crippen LogP contribution is -2.28. The predicted molar refractivity (Wildman–Crippen MR) is 62.0 cm³/mol. The number of aliphatic hydroxyl groups is 1. The fraction of sp³-hybridized carbons (Fsp3) is 0.818. The van der Waals surface area contributed by atoms with Gasteiger partial charge in [-0.05, 0) is 6.92 Å². The molecule has 0 saturated carbocycles. The third-order valence-electron chi connectivity index (χ3n) is 2.15. The van der Waals surface area contributed by atoms with Gasteiger partial charge >= 0.3 is 5.76 Å². The van der Waals surface area contributed by atoms with Gasteiger partial charge in [0.05, 0.1) is 19.3 Å². The molecule has 1 aromatic heterocycles. The molecule has 0 saturated heterocycles. The first kappa shape index (κ1) is 13.9. The Kier molecular flexibility index (Phi) is 4.47. The number of hydrogen-bond donors (Lipinski definition) is 1. The van der Waals surface area contributed by atoms with Crippen LogP contribution in [0.4, 0.5) is 0 Å². The molecule has 0 bridgehead atoms. The van der Waals surface area contributed by atoms with E-state index < -0.39 is 11.9 Å². The summed E-state index contributed by atoms with van der Waals surface area (Å²) in [6, 6.07) is 0. The van der Waals surface area contributed by atoms with Crippen molar-refractivity contribution in [2.45, 2.75) is 45.8 Å². The van der Waals surface area contributed by atoms with E-state index in [-0.39, 0.29) is 18.6 Å². The van der Waals surface area contributed by atoms with Gasteiger partial charge in [-0.1, -0.05) is 20.8 Å². The highest BCUT2D eigenvalue weighted by Gasteiger charge is 2.23. The van der Waals surface area contributed by atoms with Crippen molar-refractivity contribution in [3.8, 4) is 0 Å². The molecule has 1 atom stereocenters. The summed E-state index contributed by atoms with van der Waals surface area (Å²) in [4.78, 5) is 11.5. The highest BCUT2D eigenvalue weighted by molar-refractivity contribution is 4.94. The minimum atomic E-state index is -0.759. The molecule has 0 aromatic carbocycles. The molecular weight excluding hydrogens is 224 g/mol. The van der Waals surface area contributed by atoms with Gasteiger partial charge in [0.1, 0.15) is 0 Å². The van der Waals surface area contributed by atoms with E-state index in [4.69, 9.17) is 9.15 Å². The first-order valence-corrected chi connectivity index (χ1v) is 5.68. The van der Waals surface area contributed by atoms with E-state index in [0.717, 1.165) is 4.68 Å². The van der Waals surface area contributed by atoms with Crippen LogP contribution in [0.1, 0.15) is 33.6 Å². The van der Waals surface area contributed by atoms with Crippen LogP contribution in [0.3, 0.4) is 0 Å². The Balaban J connectivity index is 2.72. The van der Waals surface area contributed by atoms with Crippen LogP contribution in [0.15, 0.2) is 9.21 Å². The second kappa shape index (κ2) is 5.46. The maximum atomic E-state index is 11.5. The number of rotatable bonds is 5. The fourth-order valence-electron chi connectivity index (χ4n) is 1.23. The van der Waals surface area contributed by atoms with E-state index in [0.29, 0.717) is 12.5 Å². The van der Waals surface area contributed by atoms with Gasteiger partial charge in [0, 0.05) is 12.0 Å². The van der Waals surface area contributed by atoms with Gasteiger partial charge in [-0.2, -0.15) is 4.68 Å². The molecule has 0 fully saturated rings. The molecule has 6 nitrogen and oxygen atoms in total. The van der Waals surface area contributed by atoms with Crippen LogP contribution in [0.25, 0.3) is 0 Å². The average Bonchev–Trinajstić information content (AvgIpc) is 2.57. The zero-order chi connectivity index (χ0) is 13.1. The van der Waals surface area contributed by atoms with Gasteiger partial charge in [0.25, 0.3) is 0 Å². The lowest BCUT2D eigenvalue weighted by Gasteiger charge is -2.11.